The summed E-state index contributed by atoms with van der Waals surface area (Å²) in [5.41, 5.74) is 4.38. The topological polar surface area (TPSA) is 12.4 Å². The second kappa shape index (κ2) is 5.86. The molecule has 0 saturated carbocycles. The van der Waals surface area contributed by atoms with Crippen molar-refractivity contribution in [1.29, 1.82) is 0 Å². The highest BCUT2D eigenvalue weighted by atomic mass is 35.5. The minimum atomic E-state index is 0.710. The average molecular weight is 300 g/mol. The Bertz CT molecular complexity index is 704. The Morgan fingerprint density at radius 3 is 2.50 bits per heavy atom. The van der Waals surface area contributed by atoms with Crippen LogP contribution in [0.2, 0.25) is 5.02 Å². The van der Waals surface area contributed by atoms with Crippen molar-refractivity contribution in [2.75, 3.05) is 6.54 Å². The molecule has 0 spiro atoms. The van der Waals surface area contributed by atoms with Crippen LogP contribution in [0.4, 0.5) is 0 Å². The van der Waals surface area contributed by atoms with E-state index in [0.717, 1.165) is 21.9 Å². The molecule has 3 rings (SSSR count). The molecule has 0 aliphatic carbocycles. The number of thioether (sulfide) groups is 1. The van der Waals surface area contributed by atoms with Crippen molar-refractivity contribution in [2.45, 2.75) is 11.8 Å². The number of nitrogens with zero attached hydrogens (tertiary/aromatic N) is 1. The molecule has 2 aromatic rings. The van der Waals surface area contributed by atoms with Crippen molar-refractivity contribution in [3.63, 3.8) is 0 Å². The van der Waals surface area contributed by atoms with Crippen LogP contribution in [0.15, 0.2) is 69.4 Å². The number of aliphatic imine (C=N–C) groups is 1. The quantitative estimate of drug-likeness (QED) is 0.706. The number of benzene rings is 2. The molecule has 3 heteroatoms. The van der Waals surface area contributed by atoms with Gasteiger partial charge in [0, 0.05) is 21.0 Å². The zero-order valence-electron chi connectivity index (χ0n) is 11.1. The normalized spacial score (nSPS) is 17.3. The van der Waals surface area contributed by atoms with Crippen molar-refractivity contribution < 1.29 is 0 Å². The van der Waals surface area contributed by atoms with Gasteiger partial charge in [-0.05, 0) is 30.0 Å². The number of rotatable bonds is 1. The van der Waals surface area contributed by atoms with E-state index in [1.165, 1.54) is 10.5 Å². The van der Waals surface area contributed by atoms with E-state index in [1.807, 2.05) is 30.3 Å². The van der Waals surface area contributed by atoms with E-state index in [-0.39, 0.29) is 0 Å². The van der Waals surface area contributed by atoms with Crippen LogP contribution < -0.4 is 0 Å². The van der Waals surface area contributed by atoms with Crippen LogP contribution in [-0.4, -0.2) is 12.3 Å². The lowest BCUT2D eigenvalue weighted by Crippen LogP contribution is -2.08. The lowest BCUT2D eigenvalue weighted by molar-refractivity contribution is 1.13. The molecule has 1 heterocycles. The molecule has 1 aliphatic heterocycles. The van der Waals surface area contributed by atoms with Crippen molar-refractivity contribution in [1.82, 2.24) is 0 Å². The van der Waals surface area contributed by atoms with Crippen molar-refractivity contribution in [3.05, 3.63) is 75.7 Å². The van der Waals surface area contributed by atoms with Gasteiger partial charge in [0.25, 0.3) is 0 Å². The predicted octanol–water partition coefficient (Wildman–Crippen LogP) is 5.19. The Kier molecular flexibility index (Phi) is 3.95. The Morgan fingerprint density at radius 2 is 1.70 bits per heavy atom. The third-order valence-corrected chi connectivity index (χ3v) is 4.60. The smallest absolute Gasteiger partial charge is 0.0749 e. The summed E-state index contributed by atoms with van der Waals surface area (Å²) in [4.78, 5) is 6.00. The predicted molar refractivity (Wildman–Crippen MR) is 88.0 cm³/mol. The molecule has 0 radical (unpaired) electrons. The first-order chi connectivity index (χ1) is 9.75. The third kappa shape index (κ3) is 2.67. The highest BCUT2D eigenvalue weighted by Crippen LogP contribution is 2.30. The Labute approximate surface area is 128 Å². The van der Waals surface area contributed by atoms with E-state index < -0.39 is 0 Å². The summed E-state index contributed by atoms with van der Waals surface area (Å²) < 4.78 is 0. The van der Waals surface area contributed by atoms with E-state index in [4.69, 9.17) is 16.6 Å². The van der Waals surface area contributed by atoms with Crippen molar-refractivity contribution >= 4 is 29.1 Å². The van der Waals surface area contributed by atoms with Gasteiger partial charge in [0.05, 0.1) is 12.3 Å². The molecule has 0 saturated heterocycles. The minimum Gasteiger partial charge on any atom is -0.280 e. The molecule has 2 aromatic carbocycles. The summed E-state index contributed by atoms with van der Waals surface area (Å²) in [7, 11) is 0. The fourth-order valence-corrected chi connectivity index (χ4v) is 3.22. The lowest BCUT2D eigenvalue weighted by atomic mass is 10.0. The van der Waals surface area contributed by atoms with Gasteiger partial charge in [-0.25, -0.2) is 0 Å². The van der Waals surface area contributed by atoms with Crippen LogP contribution in [0.5, 0.6) is 0 Å². The van der Waals surface area contributed by atoms with Crippen LogP contribution in [0.3, 0.4) is 0 Å². The van der Waals surface area contributed by atoms with Crippen LogP contribution in [0.25, 0.3) is 0 Å². The largest absolute Gasteiger partial charge is 0.280 e. The summed E-state index contributed by atoms with van der Waals surface area (Å²) in [6.45, 7) is 2.82. The third-order valence-electron chi connectivity index (χ3n) is 3.14. The molecule has 0 aromatic heterocycles. The second-order valence-electron chi connectivity index (χ2n) is 4.72. The minimum absolute atomic E-state index is 0.710. The molecule has 20 heavy (non-hydrogen) atoms. The maximum Gasteiger partial charge on any atom is 0.0749 e. The molecule has 100 valence electrons. The van der Waals surface area contributed by atoms with Gasteiger partial charge in [-0.2, -0.15) is 0 Å². The zero-order valence-corrected chi connectivity index (χ0v) is 12.7. The van der Waals surface area contributed by atoms with Gasteiger partial charge in [0.15, 0.2) is 0 Å². The van der Waals surface area contributed by atoms with Crippen LogP contribution in [-0.2, 0) is 0 Å². The van der Waals surface area contributed by atoms with Gasteiger partial charge in [-0.1, -0.05) is 59.8 Å². The summed E-state index contributed by atoms with van der Waals surface area (Å²) in [5, 5.41) is 2.92. The number of fused-ring (bicyclic) bond motifs is 1. The van der Waals surface area contributed by atoms with E-state index >= 15 is 0 Å². The maximum absolute atomic E-state index is 6.35. The van der Waals surface area contributed by atoms with Gasteiger partial charge in [-0.15, -0.1) is 0 Å². The fourth-order valence-electron chi connectivity index (χ4n) is 2.14. The van der Waals surface area contributed by atoms with Crippen LogP contribution in [0.1, 0.15) is 18.1 Å². The second-order valence-corrected chi connectivity index (χ2v) is 6.04. The van der Waals surface area contributed by atoms with Gasteiger partial charge in [-0.3, -0.25) is 4.99 Å². The molecule has 0 unspecified atom stereocenters. The number of hydrogen-bond acceptors (Lipinski definition) is 2. The standard InChI is InChI=1S/C17H14ClNS/c1-12-10-19-17(13-6-2-4-8-15(13)18)14-7-3-5-9-16(14)20-11-12/h2-9,11H,10H2,1H3/b12-11-,19-17?. The molecule has 0 bridgehead atoms. The van der Waals surface area contributed by atoms with Crippen LogP contribution in [0, 0.1) is 0 Å². The molecular formula is C17H14ClNS. The summed E-state index contributed by atoms with van der Waals surface area (Å²) >= 11 is 8.10. The number of hydrogen-bond donors (Lipinski definition) is 0. The van der Waals surface area contributed by atoms with E-state index in [9.17, 15) is 0 Å². The highest BCUT2D eigenvalue weighted by Gasteiger charge is 2.15. The van der Waals surface area contributed by atoms with Gasteiger partial charge in [0.2, 0.25) is 0 Å². The Morgan fingerprint density at radius 1 is 1.00 bits per heavy atom. The Hall–Kier alpha value is -1.51. The summed E-state index contributed by atoms with van der Waals surface area (Å²) in [5.74, 6) is 0. The monoisotopic (exact) mass is 299 g/mol. The fraction of sp³-hybridized carbons (Fsp3) is 0.118. The van der Waals surface area contributed by atoms with E-state index in [0.29, 0.717) is 6.54 Å². The van der Waals surface area contributed by atoms with Gasteiger partial charge >= 0.3 is 0 Å². The summed E-state index contributed by atoms with van der Waals surface area (Å²) in [6.07, 6.45) is 0. The molecule has 1 aliphatic rings. The van der Waals surface area contributed by atoms with Crippen molar-refractivity contribution in [3.8, 4) is 0 Å². The van der Waals surface area contributed by atoms with Crippen molar-refractivity contribution in [2.24, 2.45) is 4.99 Å². The molecule has 0 atom stereocenters. The van der Waals surface area contributed by atoms with E-state index in [2.05, 4.69) is 30.5 Å². The maximum atomic E-state index is 6.35. The summed E-state index contributed by atoms with van der Waals surface area (Å²) in [6, 6.07) is 16.2. The van der Waals surface area contributed by atoms with Crippen LogP contribution >= 0.6 is 23.4 Å². The molecule has 0 N–H and O–H groups in total. The first-order valence-corrected chi connectivity index (χ1v) is 7.72. The lowest BCUT2D eigenvalue weighted by Gasteiger charge is -2.15. The number of halogens is 1. The highest BCUT2D eigenvalue weighted by molar-refractivity contribution is 8.02. The molecule has 1 nitrogen and oxygen atoms in total. The molecule has 0 amide bonds. The molecule has 0 fully saturated rings. The average Bonchev–Trinajstić information content (AvgIpc) is 2.46. The molecular weight excluding hydrogens is 286 g/mol. The SMILES string of the molecule is C/C1=C/Sc2ccccc2C(c2ccccc2Cl)=NC1. The van der Waals surface area contributed by atoms with Gasteiger partial charge < -0.3 is 0 Å². The Balaban J connectivity index is 2.20. The zero-order chi connectivity index (χ0) is 13.9. The van der Waals surface area contributed by atoms with Gasteiger partial charge in [0.1, 0.15) is 0 Å². The first kappa shape index (κ1) is 13.5. The van der Waals surface area contributed by atoms with E-state index in [1.54, 1.807) is 11.8 Å². The first-order valence-electron chi connectivity index (χ1n) is 6.47.